The lowest BCUT2D eigenvalue weighted by Crippen LogP contribution is -2.14. The monoisotopic (exact) mass is 1250 g/mol. The number of methoxy groups -OCH3 is 1. The predicted octanol–water partition coefficient (Wildman–Crippen LogP) is 10.5. The Morgan fingerprint density at radius 3 is 1.47 bits per heavy atom. The Labute approximate surface area is 480 Å². The summed E-state index contributed by atoms with van der Waals surface area (Å²) in [6.07, 6.45) is 5.20. The van der Waals surface area contributed by atoms with E-state index in [1.54, 1.807) is 31.2 Å². The molecule has 4 aromatic heterocycles. The molecule has 4 heterocycles. The number of nitrogens with zero attached hydrogens (tertiary/aromatic N) is 8. The second kappa shape index (κ2) is 29.4. The van der Waals surface area contributed by atoms with Crippen molar-refractivity contribution in [3.63, 3.8) is 0 Å². The van der Waals surface area contributed by atoms with Gasteiger partial charge in [-0.2, -0.15) is 0 Å². The van der Waals surface area contributed by atoms with Crippen LogP contribution in [-0.4, -0.2) is 133 Å². The number of para-hydroxylation sites is 1. The Hall–Kier alpha value is -5.33. The number of phenolic OH excluding ortho intramolecular Hbond substituents is 6. The molecule has 0 aliphatic carbocycles. The molecule has 4 aromatic carbocycles. The Morgan fingerprint density at radius 1 is 0.553 bits per heavy atom. The fourth-order valence-corrected chi connectivity index (χ4v) is 16.3. The molecule has 0 amide bonds. The number of ether oxygens (including phenoxy) is 2. The number of rotatable bonds is 20. The second-order valence-corrected chi connectivity index (χ2v) is 27.5. The van der Waals surface area contributed by atoms with Crippen LogP contribution in [0.3, 0.4) is 0 Å². The molecule has 0 aliphatic heterocycles. The molecule has 396 valence electrons. The number of hydrogen-bond donors (Lipinski definition) is 6. The first-order valence-corrected chi connectivity index (χ1v) is 31.2. The zero-order chi connectivity index (χ0) is 54.9. The van der Waals surface area contributed by atoms with Gasteiger partial charge in [-0.05, 0) is 61.9 Å². The largest absolute Gasteiger partial charge is 0.507 e. The molecule has 8 rings (SSSR count). The summed E-state index contributed by atoms with van der Waals surface area (Å²) in [6.45, 7) is 1.70. The molecular formula is C43H34N8O13S12. The van der Waals surface area contributed by atoms with Crippen molar-refractivity contribution in [1.82, 2.24) is 40.8 Å². The number of hydrogen-bond acceptors (Lipinski definition) is 33. The van der Waals surface area contributed by atoms with Crippen LogP contribution in [0.2, 0.25) is 0 Å². The zero-order valence-electron chi connectivity index (χ0n) is 38.8. The van der Waals surface area contributed by atoms with E-state index >= 15 is 0 Å². The molecule has 0 spiro atoms. The maximum Gasteiger partial charge on any atom is 0.321 e. The van der Waals surface area contributed by atoms with Crippen LogP contribution in [0.15, 0.2) is 115 Å². The smallest absolute Gasteiger partial charge is 0.321 e. The minimum Gasteiger partial charge on any atom is -0.507 e. The van der Waals surface area contributed by atoms with Gasteiger partial charge in [0.1, 0.15) is 45.5 Å². The average molecular weight is 1260 g/mol. The minimum absolute atomic E-state index is 0.00212. The maximum atomic E-state index is 11.8. The van der Waals surface area contributed by atoms with Crippen molar-refractivity contribution >= 4 is 170 Å². The highest BCUT2D eigenvalue weighted by Crippen LogP contribution is 2.51. The van der Waals surface area contributed by atoms with Crippen LogP contribution in [0.5, 0.6) is 40.2 Å². The van der Waals surface area contributed by atoms with Crippen LogP contribution in [0.1, 0.15) is 38.0 Å². The van der Waals surface area contributed by atoms with E-state index in [2.05, 4.69) is 45.5 Å². The van der Waals surface area contributed by atoms with Crippen molar-refractivity contribution in [2.24, 2.45) is 0 Å². The summed E-state index contributed by atoms with van der Waals surface area (Å²) < 4.78 is 14.8. The third-order valence-electron chi connectivity index (χ3n) is 8.59. The summed E-state index contributed by atoms with van der Waals surface area (Å²) in [5.41, 5.74) is 0.0144. The van der Waals surface area contributed by atoms with E-state index < -0.39 is 11.2 Å². The van der Waals surface area contributed by atoms with Crippen LogP contribution < -0.4 is 4.74 Å². The van der Waals surface area contributed by atoms with Crippen molar-refractivity contribution in [2.45, 2.75) is 66.5 Å². The lowest BCUT2D eigenvalue weighted by Gasteiger charge is -2.11. The highest BCUT2D eigenvalue weighted by molar-refractivity contribution is 8.06. The van der Waals surface area contributed by atoms with Gasteiger partial charge in [0.05, 0.1) is 49.1 Å². The Bertz CT molecular complexity index is 3330. The number of esters is 2. The van der Waals surface area contributed by atoms with Gasteiger partial charge in [-0.15, -0.1) is 40.8 Å². The third-order valence-corrected chi connectivity index (χ3v) is 21.1. The summed E-state index contributed by atoms with van der Waals surface area (Å²) in [5, 5.41) is 91.7. The minimum atomic E-state index is -0.407. The van der Waals surface area contributed by atoms with Crippen LogP contribution in [-0.2, 0) is 14.3 Å². The fraction of sp³-hybridized carbons (Fsp3) is 0.140. The lowest BCUT2D eigenvalue weighted by molar-refractivity contribution is -0.139. The van der Waals surface area contributed by atoms with Gasteiger partial charge in [0.25, 0.3) is 0 Å². The average Bonchev–Trinajstić information content (AvgIpc) is 4.27. The zero-order valence-corrected chi connectivity index (χ0v) is 48.6. The number of benzene rings is 4. The molecule has 33 heteroatoms. The number of aromatic hydroxyl groups is 6. The van der Waals surface area contributed by atoms with Gasteiger partial charge in [0, 0.05) is 0 Å². The number of thioether (sulfide) groups is 4. The molecule has 0 fully saturated rings. The van der Waals surface area contributed by atoms with E-state index in [-0.39, 0.29) is 62.9 Å². The van der Waals surface area contributed by atoms with Gasteiger partial charge >= 0.3 is 11.9 Å². The van der Waals surface area contributed by atoms with Crippen molar-refractivity contribution in [3.8, 4) is 40.2 Å². The third kappa shape index (κ3) is 17.1. The first-order chi connectivity index (χ1) is 36.5. The normalized spacial score (nSPS) is 11.1. The second-order valence-electron chi connectivity index (χ2n) is 13.6. The molecule has 0 bridgehead atoms. The molecule has 0 aliphatic rings. The topological polar surface area (TPSA) is 328 Å². The van der Waals surface area contributed by atoms with E-state index in [1.807, 2.05) is 18.6 Å². The van der Waals surface area contributed by atoms with E-state index in [4.69, 9.17) is 4.74 Å². The number of aldehydes is 3. The summed E-state index contributed by atoms with van der Waals surface area (Å²) in [4.78, 5) is 57.3. The first-order valence-electron chi connectivity index (χ1n) is 20.4. The maximum absolute atomic E-state index is 11.8. The standard InChI is InChI=1S/C17H12N2O5S3.C13H10N4O3S6.C13H12N2O5S3/c20-8-10-6-13(22)14(7-12(10)21)26-17-19-18-16(27-17)25-9-15(23)24-11-4-2-1-3-5-11;1-21-10-14-16-12(25-10)23-8-6(19)3-5(4-18)7(20)9(8)24-13-17-15-11(22-2)26-13;1-6(11(19)20-2)21-12-14-15-13(23-12)22-10-4-8(17)7(5-16)3-9(10)18/h1-8,21-22H,9H2;3-4,19-20H,1-2H3;3-6,17-18H,1-2H3. The van der Waals surface area contributed by atoms with Gasteiger partial charge in [0.15, 0.2) is 53.6 Å². The summed E-state index contributed by atoms with van der Waals surface area (Å²) in [7, 11) is 1.32. The van der Waals surface area contributed by atoms with Crippen molar-refractivity contribution < 1.29 is 64.1 Å². The van der Waals surface area contributed by atoms with Gasteiger partial charge in [0.2, 0.25) is 0 Å². The molecule has 6 N–H and O–H groups in total. The first kappa shape index (κ1) is 59.9. The summed E-state index contributed by atoms with van der Waals surface area (Å²) in [5.74, 6) is -1.26. The lowest BCUT2D eigenvalue weighted by atomic mass is 10.2. The fourth-order valence-electron chi connectivity index (χ4n) is 5.14. The quantitative estimate of drug-likeness (QED) is 0.0136. The van der Waals surface area contributed by atoms with Crippen LogP contribution in [0, 0.1) is 0 Å². The Morgan fingerprint density at radius 2 is 0.987 bits per heavy atom. The number of phenols is 6. The van der Waals surface area contributed by atoms with Gasteiger partial charge < -0.3 is 40.1 Å². The summed E-state index contributed by atoms with van der Waals surface area (Å²) >= 11 is 15.1. The van der Waals surface area contributed by atoms with Crippen molar-refractivity contribution in [3.05, 3.63) is 77.4 Å². The van der Waals surface area contributed by atoms with Crippen LogP contribution >= 0.6 is 139 Å². The SMILES string of the molecule is COC(=O)C(C)Sc1nnc(Sc2cc(O)c(C=O)cc2O)s1.CSc1nnc(Sc2c(O)cc(C=O)c(O)c2Sc2nnc(SC)s2)s1.O=Cc1cc(O)c(Sc2nnc(SCC(=O)Oc3ccccc3)s2)cc1O. The molecule has 1 unspecified atom stereocenters. The Kier molecular flexibility index (Phi) is 23.2. The van der Waals surface area contributed by atoms with Crippen LogP contribution in [0.4, 0.5) is 0 Å². The molecule has 0 saturated carbocycles. The van der Waals surface area contributed by atoms with E-state index in [0.29, 0.717) is 70.2 Å². The molecule has 0 saturated heterocycles. The molecule has 76 heavy (non-hydrogen) atoms. The van der Waals surface area contributed by atoms with Gasteiger partial charge in [-0.3, -0.25) is 24.0 Å². The van der Waals surface area contributed by atoms with E-state index in [9.17, 15) is 54.6 Å². The number of carbonyl (C=O) groups excluding carboxylic acids is 5. The van der Waals surface area contributed by atoms with Crippen LogP contribution in [0.25, 0.3) is 0 Å². The highest BCUT2D eigenvalue weighted by Gasteiger charge is 2.24. The summed E-state index contributed by atoms with van der Waals surface area (Å²) in [6, 6.07) is 14.9. The van der Waals surface area contributed by atoms with Gasteiger partial charge in [-0.25, -0.2) is 0 Å². The molecule has 21 nitrogen and oxygen atoms in total. The molecule has 1 atom stereocenters. The highest BCUT2D eigenvalue weighted by atomic mass is 32.2. The molecule has 0 radical (unpaired) electrons. The van der Waals surface area contributed by atoms with E-state index in [0.717, 1.165) is 44.0 Å². The van der Waals surface area contributed by atoms with Crippen molar-refractivity contribution in [1.29, 1.82) is 0 Å². The molecule has 8 aromatic rings. The van der Waals surface area contributed by atoms with E-state index in [1.165, 1.54) is 142 Å². The molecular weight excluding hydrogens is 1220 g/mol. The number of carbonyl (C=O) groups is 5. The predicted molar refractivity (Wildman–Crippen MR) is 295 cm³/mol. The number of aromatic nitrogens is 8. The van der Waals surface area contributed by atoms with Crippen molar-refractivity contribution in [2.75, 3.05) is 25.4 Å². The Balaban J connectivity index is 0.000000186. The van der Waals surface area contributed by atoms with Gasteiger partial charge in [-0.1, -0.05) is 158 Å².